The topological polar surface area (TPSA) is 34.2 Å². The molecule has 0 saturated heterocycles. The van der Waals surface area contributed by atoms with E-state index < -0.39 is 0 Å². The first-order valence-corrected chi connectivity index (χ1v) is 7.60. The summed E-state index contributed by atoms with van der Waals surface area (Å²) in [6.07, 6.45) is 7.65. The third-order valence-electron chi connectivity index (χ3n) is 3.38. The fourth-order valence-electron chi connectivity index (χ4n) is 2.19. The predicted octanol–water partition coefficient (Wildman–Crippen LogP) is 4.80. The summed E-state index contributed by atoms with van der Waals surface area (Å²) in [6.45, 7) is 1.15. The fraction of sp³-hybridized carbons (Fsp3) is 0.100. The van der Waals surface area contributed by atoms with Gasteiger partial charge in [0.2, 0.25) is 0 Å². The Kier molecular flexibility index (Phi) is 5.14. The second-order valence-corrected chi connectivity index (χ2v) is 5.06. The van der Waals surface area contributed by atoms with Gasteiger partial charge in [0, 0.05) is 17.8 Å². The highest BCUT2D eigenvalue weighted by Gasteiger charge is 2.00. The van der Waals surface area contributed by atoms with E-state index in [1.54, 1.807) is 0 Å². The number of rotatable bonds is 3. The summed E-state index contributed by atoms with van der Waals surface area (Å²) in [6, 6.07) is 20.3. The molecular formula is C20H19NO2. The second-order valence-electron chi connectivity index (χ2n) is 5.06. The van der Waals surface area contributed by atoms with E-state index in [0.717, 1.165) is 5.56 Å². The predicted molar refractivity (Wildman–Crippen MR) is 92.7 cm³/mol. The molecule has 0 spiro atoms. The first-order chi connectivity index (χ1) is 11.4. The minimum atomic E-state index is 0.556. The van der Waals surface area contributed by atoms with Crippen LogP contribution < -0.4 is 0 Å². The van der Waals surface area contributed by atoms with Gasteiger partial charge in [-0.1, -0.05) is 54.6 Å². The Bertz CT molecular complexity index is 757. The lowest BCUT2D eigenvalue weighted by Crippen LogP contribution is -2.01. The average molecular weight is 305 g/mol. The number of para-hydroxylation sites is 1. The minimum absolute atomic E-state index is 0.556. The third-order valence-corrected chi connectivity index (χ3v) is 3.38. The van der Waals surface area contributed by atoms with Gasteiger partial charge in [0.25, 0.3) is 5.95 Å². The number of hydrogen-bond acceptors (Lipinski definition) is 2. The lowest BCUT2D eigenvalue weighted by atomic mass is 10.2. The Morgan fingerprint density at radius 1 is 0.957 bits per heavy atom. The van der Waals surface area contributed by atoms with Crippen LogP contribution in [-0.2, 0) is 16.1 Å². The van der Waals surface area contributed by atoms with Crippen molar-refractivity contribution in [3.8, 4) is 0 Å². The molecular weight excluding hydrogens is 286 g/mol. The van der Waals surface area contributed by atoms with Crippen LogP contribution in [0.4, 0.5) is 0 Å². The molecule has 0 atom stereocenters. The van der Waals surface area contributed by atoms with E-state index >= 15 is 0 Å². The van der Waals surface area contributed by atoms with Gasteiger partial charge in [-0.25, -0.2) is 0 Å². The van der Waals surface area contributed by atoms with Crippen molar-refractivity contribution in [3.63, 3.8) is 0 Å². The fourth-order valence-corrected chi connectivity index (χ4v) is 2.19. The van der Waals surface area contributed by atoms with Gasteiger partial charge in [0.05, 0.1) is 0 Å². The van der Waals surface area contributed by atoms with Crippen LogP contribution in [0.2, 0.25) is 0 Å². The molecule has 1 aromatic heterocycles. The lowest BCUT2D eigenvalue weighted by Gasteiger charge is -2.12. The number of ether oxygens (including phenoxy) is 2. The zero-order valence-corrected chi connectivity index (χ0v) is 12.8. The quantitative estimate of drug-likeness (QED) is 0.754. The summed E-state index contributed by atoms with van der Waals surface area (Å²) in [4.78, 5) is 3.12. The van der Waals surface area contributed by atoms with Crippen molar-refractivity contribution in [3.05, 3.63) is 96.6 Å². The number of benzene rings is 2. The maximum Gasteiger partial charge on any atom is 0.279 e. The molecule has 3 nitrogen and oxygen atoms in total. The number of aromatic nitrogens is 1. The monoisotopic (exact) mass is 305 g/mol. The van der Waals surface area contributed by atoms with Crippen LogP contribution in [0.1, 0.15) is 5.56 Å². The van der Waals surface area contributed by atoms with Crippen molar-refractivity contribution >= 4 is 10.9 Å². The molecule has 2 aromatic carbocycles. The first kappa shape index (κ1) is 15.0. The molecule has 1 aliphatic rings. The Morgan fingerprint density at radius 3 is 2.57 bits per heavy atom. The lowest BCUT2D eigenvalue weighted by molar-refractivity contribution is 0.0365. The molecule has 2 heterocycles. The van der Waals surface area contributed by atoms with E-state index in [1.165, 1.54) is 10.9 Å². The standard InChI is InChI=1S/C12H12O2.C8H7N/c1-2-6-11(7-3-1)10-14-12-8-4-5-9-13-12;1-2-4-8-7(3-1)5-6-9-8/h1-8H,9-10H2;1-6,9H. The number of aromatic amines is 1. The Balaban J connectivity index is 0.000000149. The molecule has 3 heteroatoms. The average Bonchev–Trinajstić information content (AvgIpc) is 3.11. The summed E-state index contributed by atoms with van der Waals surface area (Å²) in [7, 11) is 0. The number of nitrogens with one attached hydrogen (secondary N) is 1. The number of hydrogen-bond donors (Lipinski definition) is 1. The maximum absolute atomic E-state index is 5.46. The highest BCUT2D eigenvalue weighted by molar-refractivity contribution is 5.78. The zero-order chi connectivity index (χ0) is 15.7. The summed E-state index contributed by atoms with van der Waals surface area (Å²) in [5.41, 5.74) is 2.35. The first-order valence-electron chi connectivity index (χ1n) is 7.60. The van der Waals surface area contributed by atoms with Crippen LogP contribution in [0.25, 0.3) is 10.9 Å². The van der Waals surface area contributed by atoms with Crippen LogP contribution in [0.3, 0.4) is 0 Å². The second kappa shape index (κ2) is 7.90. The SMILES string of the molecule is C1=CCOC(OCc2ccccc2)=C1.c1ccc2[nH]ccc2c1. The molecule has 0 radical (unpaired) electrons. The molecule has 1 N–H and O–H groups in total. The molecule has 0 unspecified atom stereocenters. The van der Waals surface area contributed by atoms with Crippen LogP contribution >= 0.6 is 0 Å². The Labute approximate surface area is 135 Å². The van der Waals surface area contributed by atoms with Crippen molar-refractivity contribution in [1.29, 1.82) is 0 Å². The molecule has 0 saturated carbocycles. The van der Waals surface area contributed by atoms with Gasteiger partial charge < -0.3 is 14.5 Å². The molecule has 116 valence electrons. The molecule has 1 aliphatic heterocycles. The van der Waals surface area contributed by atoms with Crippen molar-refractivity contribution in [2.24, 2.45) is 0 Å². The van der Waals surface area contributed by atoms with E-state index in [0.29, 0.717) is 19.2 Å². The summed E-state index contributed by atoms with van der Waals surface area (Å²) >= 11 is 0. The summed E-state index contributed by atoms with van der Waals surface area (Å²) < 4.78 is 10.7. The van der Waals surface area contributed by atoms with Gasteiger partial charge in [-0.15, -0.1) is 0 Å². The number of H-pyrrole nitrogens is 1. The van der Waals surface area contributed by atoms with Crippen LogP contribution in [0, 0.1) is 0 Å². The molecule has 0 aliphatic carbocycles. The van der Waals surface area contributed by atoms with Gasteiger partial charge in [0.15, 0.2) is 0 Å². The van der Waals surface area contributed by atoms with Gasteiger partial charge >= 0.3 is 0 Å². The highest BCUT2D eigenvalue weighted by atomic mass is 16.7. The molecule has 23 heavy (non-hydrogen) atoms. The molecule has 4 rings (SSSR count). The number of fused-ring (bicyclic) bond motifs is 1. The van der Waals surface area contributed by atoms with Gasteiger partial charge in [-0.2, -0.15) is 0 Å². The van der Waals surface area contributed by atoms with Crippen LogP contribution in [0.15, 0.2) is 91.0 Å². The van der Waals surface area contributed by atoms with E-state index in [1.807, 2.05) is 66.9 Å². The van der Waals surface area contributed by atoms with Crippen molar-refractivity contribution in [1.82, 2.24) is 4.98 Å². The van der Waals surface area contributed by atoms with Crippen LogP contribution in [0.5, 0.6) is 0 Å². The largest absolute Gasteiger partial charge is 0.461 e. The van der Waals surface area contributed by atoms with E-state index in [2.05, 4.69) is 23.2 Å². The summed E-state index contributed by atoms with van der Waals surface area (Å²) in [5.74, 6) is 0.594. The van der Waals surface area contributed by atoms with Crippen molar-refractivity contribution in [2.75, 3.05) is 6.61 Å². The maximum atomic E-state index is 5.46. The molecule has 3 aromatic rings. The van der Waals surface area contributed by atoms with E-state index in [-0.39, 0.29) is 0 Å². The third kappa shape index (κ3) is 4.51. The van der Waals surface area contributed by atoms with Gasteiger partial charge in [-0.05, 0) is 29.2 Å². The van der Waals surface area contributed by atoms with Crippen molar-refractivity contribution in [2.45, 2.75) is 6.61 Å². The molecule has 0 bridgehead atoms. The molecule has 0 fully saturated rings. The smallest absolute Gasteiger partial charge is 0.279 e. The van der Waals surface area contributed by atoms with Crippen LogP contribution in [-0.4, -0.2) is 11.6 Å². The highest BCUT2D eigenvalue weighted by Crippen LogP contribution is 2.10. The Hall–Kier alpha value is -2.94. The Morgan fingerprint density at radius 2 is 1.78 bits per heavy atom. The van der Waals surface area contributed by atoms with E-state index in [4.69, 9.17) is 9.47 Å². The number of allylic oxidation sites excluding steroid dienone is 2. The normalized spacial score (nSPS) is 12.8. The molecule has 0 amide bonds. The van der Waals surface area contributed by atoms with E-state index in [9.17, 15) is 0 Å². The van der Waals surface area contributed by atoms with Crippen molar-refractivity contribution < 1.29 is 9.47 Å². The van der Waals surface area contributed by atoms with Gasteiger partial charge in [-0.3, -0.25) is 0 Å². The summed E-state index contributed by atoms with van der Waals surface area (Å²) in [5, 5.41) is 1.28. The minimum Gasteiger partial charge on any atom is -0.461 e. The van der Waals surface area contributed by atoms with Gasteiger partial charge in [0.1, 0.15) is 13.2 Å². The zero-order valence-electron chi connectivity index (χ0n) is 12.8.